The molecule has 0 atom stereocenters. The van der Waals surface area contributed by atoms with Gasteiger partial charge in [-0.15, -0.1) is 11.8 Å². The first-order chi connectivity index (χ1) is 4.38. The minimum atomic E-state index is 0.613. The van der Waals surface area contributed by atoms with E-state index in [0.29, 0.717) is 5.56 Å². The maximum absolute atomic E-state index is 8.42. The fourth-order valence-electron chi connectivity index (χ4n) is 0.513. The van der Waals surface area contributed by atoms with E-state index in [2.05, 4.69) is 10.2 Å². The summed E-state index contributed by atoms with van der Waals surface area (Å²) in [6.45, 7) is 0. The molecular formula is C5H5N3S. The first kappa shape index (κ1) is 6.17. The Labute approximate surface area is 57.1 Å². The van der Waals surface area contributed by atoms with Crippen LogP contribution < -0.4 is 0 Å². The average molecular weight is 139 g/mol. The van der Waals surface area contributed by atoms with Crippen LogP contribution >= 0.6 is 11.8 Å². The van der Waals surface area contributed by atoms with Crippen LogP contribution in [0.1, 0.15) is 5.56 Å². The van der Waals surface area contributed by atoms with Gasteiger partial charge in [-0.25, -0.2) is 0 Å². The minimum absolute atomic E-state index is 0.613. The van der Waals surface area contributed by atoms with Gasteiger partial charge >= 0.3 is 0 Å². The molecule has 4 heteroatoms. The van der Waals surface area contributed by atoms with Gasteiger partial charge in [0.2, 0.25) is 0 Å². The Hall–Kier alpha value is -0.950. The average Bonchev–Trinajstić information content (AvgIpc) is 2.33. The predicted octanol–water partition coefficient (Wildman–Crippen LogP) is 1.00. The van der Waals surface area contributed by atoms with E-state index < -0.39 is 0 Å². The molecule has 0 aromatic carbocycles. The Balaban J connectivity index is 3.02. The largest absolute Gasteiger partial charge is 0.283 e. The van der Waals surface area contributed by atoms with Gasteiger partial charge in [-0.2, -0.15) is 10.4 Å². The van der Waals surface area contributed by atoms with Crippen LogP contribution in [0.25, 0.3) is 0 Å². The molecule has 0 amide bonds. The Morgan fingerprint density at radius 2 is 2.67 bits per heavy atom. The van der Waals surface area contributed by atoms with Crippen LogP contribution in [0.2, 0.25) is 0 Å². The molecule has 1 rings (SSSR count). The van der Waals surface area contributed by atoms with Crippen molar-refractivity contribution >= 4 is 11.8 Å². The van der Waals surface area contributed by atoms with Crippen molar-refractivity contribution in [3.63, 3.8) is 0 Å². The molecule has 0 unspecified atom stereocenters. The van der Waals surface area contributed by atoms with Gasteiger partial charge in [0.1, 0.15) is 16.7 Å². The van der Waals surface area contributed by atoms with Gasteiger partial charge in [0, 0.05) is 6.20 Å². The maximum Gasteiger partial charge on any atom is 0.135 e. The quantitative estimate of drug-likeness (QED) is 0.590. The molecule has 0 saturated carbocycles. The van der Waals surface area contributed by atoms with E-state index in [4.69, 9.17) is 5.26 Å². The fraction of sp³-hybridized carbons (Fsp3) is 0.200. The Morgan fingerprint density at radius 1 is 1.89 bits per heavy atom. The van der Waals surface area contributed by atoms with Crippen molar-refractivity contribution in [2.75, 3.05) is 6.26 Å². The van der Waals surface area contributed by atoms with Crippen LogP contribution in [-0.2, 0) is 0 Å². The molecular weight excluding hydrogens is 134 g/mol. The predicted molar refractivity (Wildman–Crippen MR) is 35.1 cm³/mol. The smallest absolute Gasteiger partial charge is 0.135 e. The maximum atomic E-state index is 8.42. The van der Waals surface area contributed by atoms with E-state index in [1.54, 1.807) is 6.20 Å². The van der Waals surface area contributed by atoms with Crippen molar-refractivity contribution in [1.29, 1.82) is 5.26 Å². The number of rotatable bonds is 1. The molecule has 0 aliphatic rings. The molecule has 0 fully saturated rings. The Bertz CT molecular complexity index is 235. The highest BCUT2D eigenvalue weighted by Crippen LogP contribution is 2.14. The summed E-state index contributed by atoms with van der Waals surface area (Å²) in [5, 5.41) is 15.6. The first-order valence-electron chi connectivity index (χ1n) is 2.36. The number of nitrogens with one attached hydrogen (secondary N) is 1. The van der Waals surface area contributed by atoms with Gasteiger partial charge in [-0.1, -0.05) is 0 Å². The van der Waals surface area contributed by atoms with E-state index in [0.717, 1.165) is 5.03 Å². The first-order valence-corrected chi connectivity index (χ1v) is 3.59. The lowest BCUT2D eigenvalue weighted by molar-refractivity contribution is 1.00. The number of hydrogen-bond donors (Lipinski definition) is 1. The van der Waals surface area contributed by atoms with E-state index in [1.165, 1.54) is 11.8 Å². The van der Waals surface area contributed by atoms with Crippen molar-refractivity contribution in [2.45, 2.75) is 5.03 Å². The van der Waals surface area contributed by atoms with Crippen molar-refractivity contribution in [3.05, 3.63) is 11.8 Å². The zero-order valence-corrected chi connectivity index (χ0v) is 5.70. The fourth-order valence-corrected chi connectivity index (χ4v) is 0.982. The Morgan fingerprint density at radius 3 is 3.11 bits per heavy atom. The van der Waals surface area contributed by atoms with Gasteiger partial charge in [-0.3, -0.25) is 5.10 Å². The number of aromatic amines is 1. The number of aromatic nitrogens is 2. The summed E-state index contributed by atoms with van der Waals surface area (Å²) in [7, 11) is 0. The number of thioether (sulfide) groups is 1. The molecule has 0 radical (unpaired) electrons. The van der Waals surface area contributed by atoms with E-state index in [-0.39, 0.29) is 0 Å². The zero-order chi connectivity index (χ0) is 6.69. The molecule has 46 valence electrons. The van der Waals surface area contributed by atoms with Crippen LogP contribution in [0.15, 0.2) is 11.2 Å². The zero-order valence-electron chi connectivity index (χ0n) is 4.88. The third-order valence-corrected chi connectivity index (χ3v) is 1.62. The highest BCUT2D eigenvalue weighted by Gasteiger charge is 2.00. The summed E-state index contributed by atoms with van der Waals surface area (Å²) >= 11 is 1.46. The van der Waals surface area contributed by atoms with E-state index in [1.807, 2.05) is 12.3 Å². The summed E-state index contributed by atoms with van der Waals surface area (Å²) in [4.78, 5) is 0. The molecule has 3 nitrogen and oxygen atoms in total. The van der Waals surface area contributed by atoms with Gasteiger partial charge in [-0.05, 0) is 6.26 Å². The van der Waals surface area contributed by atoms with Crippen LogP contribution in [0.4, 0.5) is 0 Å². The van der Waals surface area contributed by atoms with Gasteiger partial charge in [0.05, 0.1) is 0 Å². The van der Waals surface area contributed by atoms with E-state index in [9.17, 15) is 0 Å². The van der Waals surface area contributed by atoms with Crippen molar-refractivity contribution < 1.29 is 0 Å². The van der Waals surface area contributed by atoms with Crippen LogP contribution in [-0.4, -0.2) is 16.5 Å². The topological polar surface area (TPSA) is 52.5 Å². The highest BCUT2D eigenvalue weighted by molar-refractivity contribution is 7.98. The molecule has 1 heterocycles. The summed E-state index contributed by atoms with van der Waals surface area (Å²) in [6, 6.07) is 2.01. The van der Waals surface area contributed by atoms with Crippen molar-refractivity contribution in [1.82, 2.24) is 10.2 Å². The lowest BCUT2D eigenvalue weighted by Gasteiger charge is -1.82. The summed E-state index contributed by atoms with van der Waals surface area (Å²) in [5.41, 5.74) is 0.613. The molecule has 0 bridgehead atoms. The highest BCUT2D eigenvalue weighted by atomic mass is 32.2. The van der Waals surface area contributed by atoms with Crippen LogP contribution in [0.3, 0.4) is 0 Å². The molecule has 0 aliphatic heterocycles. The molecule has 1 aromatic heterocycles. The number of H-pyrrole nitrogens is 1. The van der Waals surface area contributed by atoms with Crippen LogP contribution in [0, 0.1) is 11.3 Å². The molecule has 0 saturated heterocycles. The monoisotopic (exact) mass is 139 g/mol. The molecule has 0 spiro atoms. The summed E-state index contributed by atoms with van der Waals surface area (Å²) in [5.74, 6) is 0. The van der Waals surface area contributed by atoms with Crippen LogP contribution in [0.5, 0.6) is 0 Å². The number of nitrogens with zero attached hydrogens (tertiary/aromatic N) is 2. The molecule has 9 heavy (non-hydrogen) atoms. The molecule has 1 N–H and O–H groups in total. The second-order valence-electron chi connectivity index (χ2n) is 1.42. The Kier molecular flexibility index (Phi) is 1.75. The van der Waals surface area contributed by atoms with Crippen molar-refractivity contribution in [3.8, 4) is 6.07 Å². The SMILES string of the molecule is CSc1n[nH]cc1C#N. The molecule has 0 aliphatic carbocycles. The summed E-state index contributed by atoms with van der Waals surface area (Å²) < 4.78 is 0. The van der Waals surface area contributed by atoms with Gasteiger partial charge in [0.25, 0.3) is 0 Å². The third-order valence-electron chi connectivity index (χ3n) is 0.919. The molecule has 1 aromatic rings. The van der Waals surface area contributed by atoms with Crippen molar-refractivity contribution in [2.24, 2.45) is 0 Å². The standard InChI is InChI=1S/C5H5N3S/c1-9-5-4(2-6)3-7-8-5/h3H,1H3,(H,7,8). The number of hydrogen-bond acceptors (Lipinski definition) is 3. The minimum Gasteiger partial charge on any atom is -0.283 e. The third kappa shape index (κ3) is 1.06. The van der Waals surface area contributed by atoms with Gasteiger partial charge in [0.15, 0.2) is 0 Å². The number of nitriles is 1. The summed E-state index contributed by atoms with van der Waals surface area (Å²) in [6.07, 6.45) is 3.48. The lowest BCUT2D eigenvalue weighted by Crippen LogP contribution is -1.71. The second-order valence-corrected chi connectivity index (χ2v) is 2.21. The van der Waals surface area contributed by atoms with E-state index >= 15 is 0 Å². The lowest BCUT2D eigenvalue weighted by atomic mass is 10.4. The second kappa shape index (κ2) is 2.55. The van der Waals surface area contributed by atoms with Gasteiger partial charge < -0.3 is 0 Å². The normalized spacial score (nSPS) is 8.89.